The van der Waals surface area contributed by atoms with Gasteiger partial charge in [-0.05, 0) is 32.9 Å². The minimum atomic E-state index is -0.339. The van der Waals surface area contributed by atoms with E-state index in [4.69, 9.17) is 10.5 Å². The number of rotatable bonds is 5. The molecule has 7 heteroatoms. The Morgan fingerprint density at radius 3 is 2.95 bits per heavy atom. The summed E-state index contributed by atoms with van der Waals surface area (Å²) < 4.78 is 7.12. The van der Waals surface area contributed by atoms with Crippen molar-refractivity contribution >= 4 is 17.3 Å². The van der Waals surface area contributed by atoms with Gasteiger partial charge in [0.15, 0.2) is 0 Å². The molecular formula is C14H19N5O2. The van der Waals surface area contributed by atoms with Crippen molar-refractivity contribution in [2.75, 3.05) is 11.1 Å². The summed E-state index contributed by atoms with van der Waals surface area (Å²) in [7, 11) is 0. The summed E-state index contributed by atoms with van der Waals surface area (Å²) in [6.45, 7) is 6.23. The molecule has 0 aliphatic rings. The van der Waals surface area contributed by atoms with Crippen molar-refractivity contribution in [3.05, 3.63) is 30.2 Å². The number of amides is 1. The molecule has 0 spiro atoms. The van der Waals surface area contributed by atoms with Crippen LogP contribution in [0.5, 0.6) is 5.88 Å². The van der Waals surface area contributed by atoms with E-state index in [-0.39, 0.29) is 12.0 Å². The second kappa shape index (κ2) is 6.25. The third-order valence-corrected chi connectivity index (χ3v) is 2.75. The lowest BCUT2D eigenvalue weighted by atomic mass is 10.3. The second-order valence-corrected chi connectivity index (χ2v) is 4.74. The zero-order valence-corrected chi connectivity index (χ0v) is 12.3. The van der Waals surface area contributed by atoms with Crippen molar-refractivity contribution in [1.82, 2.24) is 14.8 Å². The van der Waals surface area contributed by atoms with Crippen LogP contribution in [0.2, 0.25) is 0 Å². The number of anilines is 2. The molecular weight excluding hydrogens is 270 g/mol. The quantitative estimate of drug-likeness (QED) is 0.876. The van der Waals surface area contributed by atoms with Gasteiger partial charge >= 0.3 is 0 Å². The summed E-state index contributed by atoms with van der Waals surface area (Å²) in [5, 5.41) is 6.82. The van der Waals surface area contributed by atoms with Crippen molar-refractivity contribution in [1.29, 1.82) is 0 Å². The predicted molar refractivity (Wildman–Crippen MR) is 80.3 cm³/mol. The van der Waals surface area contributed by atoms with Gasteiger partial charge in [-0.3, -0.25) is 9.48 Å². The summed E-state index contributed by atoms with van der Waals surface area (Å²) in [6.07, 6.45) is 3.03. The van der Waals surface area contributed by atoms with E-state index in [1.165, 1.54) is 6.20 Å². The smallest absolute Gasteiger partial charge is 0.276 e. The van der Waals surface area contributed by atoms with Gasteiger partial charge < -0.3 is 15.8 Å². The summed E-state index contributed by atoms with van der Waals surface area (Å²) in [4.78, 5) is 16.5. The first-order valence-corrected chi connectivity index (χ1v) is 6.77. The molecule has 112 valence electrons. The van der Waals surface area contributed by atoms with Crippen LogP contribution in [0, 0.1) is 0 Å². The maximum absolute atomic E-state index is 12.4. The molecule has 2 heterocycles. The summed E-state index contributed by atoms with van der Waals surface area (Å²) >= 11 is 0. The maximum Gasteiger partial charge on any atom is 0.276 e. The highest BCUT2D eigenvalue weighted by Crippen LogP contribution is 2.23. The second-order valence-electron chi connectivity index (χ2n) is 4.74. The molecule has 7 nitrogen and oxygen atoms in total. The van der Waals surface area contributed by atoms with Crippen molar-refractivity contribution in [3.8, 4) is 5.88 Å². The first kappa shape index (κ1) is 14.8. The fraction of sp³-hybridized carbons (Fsp3) is 0.357. The number of nitrogens with one attached hydrogen (secondary N) is 1. The molecule has 3 N–H and O–H groups in total. The van der Waals surface area contributed by atoms with Gasteiger partial charge in [0.25, 0.3) is 5.91 Å². The van der Waals surface area contributed by atoms with Gasteiger partial charge in [-0.1, -0.05) is 0 Å². The Morgan fingerprint density at radius 2 is 2.29 bits per heavy atom. The molecule has 0 aliphatic carbocycles. The molecule has 0 aromatic carbocycles. The molecule has 2 aromatic heterocycles. The van der Waals surface area contributed by atoms with Gasteiger partial charge in [0.1, 0.15) is 11.4 Å². The lowest BCUT2D eigenvalue weighted by Gasteiger charge is -2.14. The highest BCUT2D eigenvalue weighted by molar-refractivity contribution is 6.06. The first-order valence-electron chi connectivity index (χ1n) is 6.77. The van der Waals surface area contributed by atoms with Crippen LogP contribution in [0.3, 0.4) is 0 Å². The number of hydrogen-bond acceptors (Lipinski definition) is 5. The van der Waals surface area contributed by atoms with Crippen LogP contribution in [-0.4, -0.2) is 26.8 Å². The number of ether oxygens (including phenoxy) is 1. The zero-order chi connectivity index (χ0) is 15.4. The fourth-order valence-electron chi connectivity index (χ4n) is 1.87. The SMILES string of the molecule is CCn1ncc(N)c1C(=O)Nc1cccnc1OC(C)C. The minimum Gasteiger partial charge on any atom is -0.473 e. The molecule has 1 amide bonds. The zero-order valence-electron chi connectivity index (χ0n) is 12.3. The third-order valence-electron chi connectivity index (χ3n) is 2.75. The first-order chi connectivity index (χ1) is 10.0. The molecule has 0 unspecified atom stereocenters. The standard InChI is InChI=1S/C14H19N5O2/c1-4-19-12(10(15)8-17-19)13(20)18-11-6-5-7-16-14(11)21-9(2)3/h5-9H,4,15H2,1-3H3,(H,18,20). The third kappa shape index (κ3) is 3.31. The molecule has 2 aromatic rings. The number of nitrogen functional groups attached to an aromatic ring is 1. The summed E-state index contributed by atoms with van der Waals surface area (Å²) in [5.41, 5.74) is 6.97. The molecule has 0 fully saturated rings. The van der Waals surface area contributed by atoms with Crippen LogP contribution in [0.25, 0.3) is 0 Å². The largest absolute Gasteiger partial charge is 0.473 e. The van der Waals surface area contributed by atoms with Gasteiger partial charge in [-0.15, -0.1) is 0 Å². The number of nitrogens with two attached hydrogens (primary N) is 1. The Morgan fingerprint density at radius 1 is 1.52 bits per heavy atom. The minimum absolute atomic E-state index is 0.0400. The number of aryl methyl sites for hydroxylation is 1. The van der Waals surface area contributed by atoms with Crippen LogP contribution in [0.15, 0.2) is 24.5 Å². The topological polar surface area (TPSA) is 95.1 Å². The molecule has 0 saturated heterocycles. The van der Waals surface area contributed by atoms with Crippen molar-refractivity contribution < 1.29 is 9.53 Å². The van der Waals surface area contributed by atoms with Gasteiger partial charge in [0.05, 0.1) is 18.0 Å². The number of carbonyl (C=O) groups excluding carboxylic acids is 1. The van der Waals surface area contributed by atoms with E-state index in [0.717, 1.165) is 0 Å². The van der Waals surface area contributed by atoms with Crippen molar-refractivity contribution in [2.24, 2.45) is 0 Å². The molecule has 0 bridgehead atoms. The van der Waals surface area contributed by atoms with E-state index in [9.17, 15) is 4.79 Å². The van der Waals surface area contributed by atoms with Crippen molar-refractivity contribution in [2.45, 2.75) is 33.4 Å². The van der Waals surface area contributed by atoms with E-state index in [0.29, 0.717) is 29.5 Å². The van der Waals surface area contributed by atoms with Crippen LogP contribution < -0.4 is 15.8 Å². The Kier molecular flexibility index (Phi) is 4.42. The molecule has 2 rings (SSSR count). The van der Waals surface area contributed by atoms with E-state index in [1.807, 2.05) is 20.8 Å². The van der Waals surface area contributed by atoms with E-state index in [1.54, 1.807) is 23.0 Å². The average molecular weight is 289 g/mol. The van der Waals surface area contributed by atoms with Crippen LogP contribution in [-0.2, 0) is 6.54 Å². The van der Waals surface area contributed by atoms with Gasteiger partial charge in [0.2, 0.25) is 5.88 Å². The Hall–Kier alpha value is -2.57. The number of hydrogen-bond donors (Lipinski definition) is 2. The maximum atomic E-state index is 12.4. The predicted octanol–water partition coefficient (Wildman–Crippen LogP) is 1.92. The number of nitrogens with zero attached hydrogens (tertiary/aromatic N) is 3. The van der Waals surface area contributed by atoms with E-state index >= 15 is 0 Å². The monoisotopic (exact) mass is 289 g/mol. The fourth-order valence-corrected chi connectivity index (χ4v) is 1.87. The van der Waals surface area contributed by atoms with E-state index in [2.05, 4.69) is 15.4 Å². The van der Waals surface area contributed by atoms with Crippen molar-refractivity contribution in [3.63, 3.8) is 0 Å². The lowest BCUT2D eigenvalue weighted by Crippen LogP contribution is -2.20. The average Bonchev–Trinajstić information content (AvgIpc) is 2.81. The summed E-state index contributed by atoms with van der Waals surface area (Å²) in [5.74, 6) is 0.0374. The van der Waals surface area contributed by atoms with Gasteiger partial charge in [-0.2, -0.15) is 5.10 Å². The van der Waals surface area contributed by atoms with Gasteiger partial charge in [0, 0.05) is 12.7 Å². The number of pyridine rings is 1. The molecule has 0 aliphatic heterocycles. The Balaban J connectivity index is 2.26. The highest BCUT2D eigenvalue weighted by atomic mass is 16.5. The normalized spacial score (nSPS) is 10.7. The van der Waals surface area contributed by atoms with Gasteiger partial charge in [-0.25, -0.2) is 4.98 Å². The molecule has 0 radical (unpaired) electrons. The molecule has 0 atom stereocenters. The molecule has 21 heavy (non-hydrogen) atoms. The summed E-state index contributed by atoms with van der Waals surface area (Å²) in [6, 6.07) is 3.45. The number of aromatic nitrogens is 3. The van der Waals surface area contributed by atoms with Crippen LogP contribution in [0.1, 0.15) is 31.3 Å². The van der Waals surface area contributed by atoms with Crippen LogP contribution in [0.4, 0.5) is 11.4 Å². The highest BCUT2D eigenvalue weighted by Gasteiger charge is 2.18. The Labute approximate surface area is 123 Å². The van der Waals surface area contributed by atoms with E-state index < -0.39 is 0 Å². The Bertz CT molecular complexity index is 636. The lowest BCUT2D eigenvalue weighted by molar-refractivity contribution is 0.101. The number of carbonyl (C=O) groups is 1. The van der Waals surface area contributed by atoms with Crippen LogP contribution >= 0.6 is 0 Å². The molecule has 0 saturated carbocycles.